The largest absolute Gasteiger partial charge is 0.355 e. The third-order valence-electron chi connectivity index (χ3n) is 4.82. The lowest BCUT2D eigenvalue weighted by atomic mass is 9.97. The molecular formula is C21H16N2. The lowest BCUT2D eigenvalue weighted by Gasteiger charge is -2.09. The molecule has 0 bridgehead atoms. The first-order valence-corrected chi connectivity index (χ1v) is 7.89. The molecule has 1 aliphatic rings. The van der Waals surface area contributed by atoms with Gasteiger partial charge in [-0.15, -0.1) is 0 Å². The predicted octanol–water partition coefficient (Wildman–Crippen LogP) is 4.86. The molecule has 23 heavy (non-hydrogen) atoms. The first kappa shape index (κ1) is 12.7. The van der Waals surface area contributed by atoms with Gasteiger partial charge in [-0.1, -0.05) is 60.7 Å². The fraction of sp³-hybridized carbons (Fsp3) is 0.0476. The summed E-state index contributed by atoms with van der Waals surface area (Å²) in [5, 5.41) is 1.23. The summed E-state index contributed by atoms with van der Waals surface area (Å²) < 4.78 is 0. The zero-order chi connectivity index (χ0) is 15.4. The number of nitrogens with two attached hydrogens (primary N) is 1. The summed E-state index contributed by atoms with van der Waals surface area (Å²) in [5.74, 6) is 0. The molecule has 0 radical (unpaired) electrons. The number of nitrogens with one attached hydrogen (secondary N) is 1. The summed E-state index contributed by atoms with van der Waals surface area (Å²) >= 11 is 0. The Morgan fingerprint density at radius 2 is 1.48 bits per heavy atom. The van der Waals surface area contributed by atoms with Crippen molar-refractivity contribution < 1.29 is 0 Å². The van der Waals surface area contributed by atoms with Gasteiger partial charge in [0.2, 0.25) is 0 Å². The van der Waals surface area contributed by atoms with Crippen molar-refractivity contribution in [1.29, 1.82) is 0 Å². The van der Waals surface area contributed by atoms with Crippen LogP contribution >= 0.6 is 0 Å². The molecule has 1 heterocycles. The van der Waals surface area contributed by atoms with E-state index in [1.54, 1.807) is 0 Å². The van der Waals surface area contributed by atoms with Crippen molar-refractivity contribution in [2.45, 2.75) is 6.04 Å². The highest BCUT2D eigenvalue weighted by Crippen LogP contribution is 2.46. The molecule has 0 amide bonds. The third-order valence-corrected chi connectivity index (χ3v) is 4.82. The minimum atomic E-state index is -0.0365. The van der Waals surface area contributed by atoms with E-state index in [1.165, 1.54) is 33.2 Å². The highest BCUT2D eigenvalue weighted by molar-refractivity contribution is 5.94. The maximum atomic E-state index is 6.47. The van der Waals surface area contributed by atoms with Crippen LogP contribution in [0.5, 0.6) is 0 Å². The lowest BCUT2D eigenvalue weighted by molar-refractivity contribution is 0.901. The average molecular weight is 296 g/mol. The van der Waals surface area contributed by atoms with Gasteiger partial charge in [-0.05, 0) is 34.4 Å². The lowest BCUT2D eigenvalue weighted by Crippen LogP contribution is -2.07. The van der Waals surface area contributed by atoms with Crippen LogP contribution < -0.4 is 5.73 Å². The molecule has 0 fully saturated rings. The number of aromatic amines is 1. The number of benzene rings is 3. The number of para-hydroxylation sites is 1. The Morgan fingerprint density at radius 3 is 2.39 bits per heavy atom. The van der Waals surface area contributed by atoms with E-state index in [9.17, 15) is 0 Å². The van der Waals surface area contributed by atoms with E-state index < -0.39 is 0 Å². The van der Waals surface area contributed by atoms with Crippen LogP contribution in [0.2, 0.25) is 0 Å². The van der Waals surface area contributed by atoms with Crippen LogP contribution in [0, 0.1) is 0 Å². The minimum absolute atomic E-state index is 0.0365. The minimum Gasteiger partial charge on any atom is -0.355 e. The Hall–Kier alpha value is -2.84. The highest BCUT2D eigenvalue weighted by Gasteiger charge is 2.28. The van der Waals surface area contributed by atoms with Crippen molar-refractivity contribution in [2.75, 3.05) is 0 Å². The highest BCUT2D eigenvalue weighted by atomic mass is 14.7. The first-order valence-electron chi connectivity index (χ1n) is 7.89. The Labute approximate surface area is 134 Å². The maximum Gasteiger partial charge on any atom is 0.0564 e. The Balaban J connectivity index is 1.81. The van der Waals surface area contributed by atoms with Gasteiger partial charge < -0.3 is 10.7 Å². The van der Waals surface area contributed by atoms with E-state index >= 15 is 0 Å². The van der Waals surface area contributed by atoms with Gasteiger partial charge in [0.05, 0.1) is 6.04 Å². The van der Waals surface area contributed by atoms with Crippen molar-refractivity contribution in [1.82, 2.24) is 4.98 Å². The van der Waals surface area contributed by atoms with Gasteiger partial charge in [0.25, 0.3) is 0 Å². The standard InChI is InChI=1S/C21H16N2/c22-21-15-8-3-2-7-14(15)20-16(9-5-10-17(20)21)19-12-13-6-1-4-11-18(13)23-19/h1-12,21,23H,22H2. The molecule has 1 aliphatic carbocycles. The van der Waals surface area contributed by atoms with Crippen LogP contribution in [0.25, 0.3) is 33.3 Å². The molecule has 1 unspecified atom stereocenters. The molecule has 0 saturated heterocycles. The van der Waals surface area contributed by atoms with E-state index in [1.807, 2.05) is 0 Å². The van der Waals surface area contributed by atoms with Crippen LogP contribution in [-0.2, 0) is 0 Å². The summed E-state index contributed by atoms with van der Waals surface area (Å²) in [4.78, 5) is 3.55. The number of hydrogen-bond acceptors (Lipinski definition) is 1. The summed E-state index contributed by atoms with van der Waals surface area (Å²) in [6, 6.07) is 25.4. The second-order valence-electron chi connectivity index (χ2n) is 6.10. The van der Waals surface area contributed by atoms with E-state index in [0.29, 0.717) is 0 Å². The average Bonchev–Trinajstić information content (AvgIpc) is 3.15. The van der Waals surface area contributed by atoms with Gasteiger partial charge in [0, 0.05) is 22.2 Å². The van der Waals surface area contributed by atoms with Gasteiger partial charge in [0.1, 0.15) is 0 Å². The molecular weight excluding hydrogens is 280 g/mol. The fourth-order valence-electron chi connectivity index (χ4n) is 3.74. The van der Waals surface area contributed by atoms with Crippen molar-refractivity contribution in [3.63, 3.8) is 0 Å². The van der Waals surface area contributed by atoms with Crippen LogP contribution in [0.3, 0.4) is 0 Å². The van der Waals surface area contributed by atoms with E-state index in [4.69, 9.17) is 5.73 Å². The molecule has 4 aromatic rings. The molecule has 0 aliphatic heterocycles. The van der Waals surface area contributed by atoms with Crippen molar-refractivity contribution in [2.24, 2.45) is 5.73 Å². The monoisotopic (exact) mass is 296 g/mol. The number of H-pyrrole nitrogens is 1. The molecule has 1 atom stereocenters. The molecule has 2 heteroatoms. The number of rotatable bonds is 1. The first-order chi connectivity index (χ1) is 11.3. The number of aromatic nitrogens is 1. The maximum absolute atomic E-state index is 6.47. The van der Waals surface area contributed by atoms with E-state index in [-0.39, 0.29) is 6.04 Å². The van der Waals surface area contributed by atoms with Gasteiger partial charge in [0.15, 0.2) is 0 Å². The fourth-order valence-corrected chi connectivity index (χ4v) is 3.74. The van der Waals surface area contributed by atoms with Crippen molar-refractivity contribution in [3.8, 4) is 22.4 Å². The van der Waals surface area contributed by atoms with Crippen LogP contribution in [0.1, 0.15) is 17.2 Å². The van der Waals surface area contributed by atoms with Gasteiger partial charge >= 0.3 is 0 Å². The van der Waals surface area contributed by atoms with Crippen LogP contribution in [0.15, 0.2) is 72.8 Å². The SMILES string of the molecule is NC1c2ccccc2-c2c(-c3cc4ccccc4[nH]3)cccc21. The summed E-state index contributed by atoms with van der Waals surface area (Å²) in [5.41, 5.74) is 14.9. The molecule has 3 aromatic carbocycles. The molecule has 110 valence electrons. The predicted molar refractivity (Wildman–Crippen MR) is 95.2 cm³/mol. The third kappa shape index (κ3) is 1.73. The van der Waals surface area contributed by atoms with Gasteiger partial charge in [-0.25, -0.2) is 0 Å². The Morgan fingerprint density at radius 1 is 0.739 bits per heavy atom. The number of fused-ring (bicyclic) bond motifs is 4. The van der Waals surface area contributed by atoms with Crippen LogP contribution in [0.4, 0.5) is 0 Å². The van der Waals surface area contributed by atoms with Crippen molar-refractivity contribution >= 4 is 10.9 Å². The second kappa shape index (κ2) is 4.58. The summed E-state index contributed by atoms with van der Waals surface area (Å²) in [6.45, 7) is 0. The van der Waals surface area contributed by atoms with Crippen LogP contribution in [-0.4, -0.2) is 4.98 Å². The normalized spacial score (nSPS) is 15.6. The quantitative estimate of drug-likeness (QED) is 0.517. The molecule has 0 spiro atoms. The van der Waals surface area contributed by atoms with E-state index in [0.717, 1.165) is 11.2 Å². The van der Waals surface area contributed by atoms with Crippen molar-refractivity contribution in [3.05, 3.63) is 83.9 Å². The molecule has 5 rings (SSSR count). The second-order valence-corrected chi connectivity index (χ2v) is 6.10. The molecule has 0 saturated carbocycles. The smallest absolute Gasteiger partial charge is 0.0564 e. The summed E-state index contributed by atoms with van der Waals surface area (Å²) in [7, 11) is 0. The van der Waals surface area contributed by atoms with Gasteiger partial charge in [-0.2, -0.15) is 0 Å². The van der Waals surface area contributed by atoms with Gasteiger partial charge in [-0.3, -0.25) is 0 Å². The topological polar surface area (TPSA) is 41.8 Å². The zero-order valence-corrected chi connectivity index (χ0v) is 12.6. The Kier molecular flexibility index (Phi) is 2.52. The summed E-state index contributed by atoms with van der Waals surface area (Å²) in [6.07, 6.45) is 0. The molecule has 2 nitrogen and oxygen atoms in total. The molecule has 1 aromatic heterocycles. The zero-order valence-electron chi connectivity index (χ0n) is 12.6. The Bertz CT molecular complexity index is 1010. The van der Waals surface area contributed by atoms with E-state index in [2.05, 4.69) is 77.8 Å². The number of hydrogen-bond donors (Lipinski definition) is 2. The molecule has 3 N–H and O–H groups in total.